The molecular formula is C22H25ClN4O5S. The van der Waals surface area contributed by atoms with Gasteiger partial charge < -0.3 is 9.30 Å². The fourth-order valence-corrected chi connectivity index (χ4v) is 4.31. The van der Waals surface area contributed by atoms with Gasteiger partial charge in [-0.15, -0.1) is 19.0 Å². The van der Waals surface area contributed by atoms with E-state index in [0.29, 0.717) is 24.3 Å². The van der Waals surface area contributed by atoms with Crippen LogP contribution in [0.25, 0.3) is 5.69 Å². The highest BCUT2D eigenvalue weighted by Gasteiger charge is 2.27. The van der Waals surface area contributed by atoms with Crippen LogP contribution in [0.4, 0.5) is 0 Å². The number of rotatable bonds is 11. The number of hydroxylamine groups is 1. The van der Waals surface area contributed by atoms with Crippen LogP contribution in [-0.4, -0.2) is 46.5 Å². The minimum Gasteiger partial charge on any atom is -0.493 e. The van der Waals surface area contributed by atoms with Crippen molar-refractivity contribution in [3.05, 3.63) is 85.5 Å². The van der Waals surface area contributed by atoms with Crippen LogP contribution in [0.2, 0.25) is 0 Å². The molecule has 0 aliphatic carbocycles. The average Bonchev–Trinajstić information content (AvgIpc) is 3.34. The Kier molecular flexibility index (Phi) is 9.61. The Labute approximate surface area is 198 Å². The smallest absolute Gasteiger partial charge is 0.258 e. The Hall–Kier alpha value is -3.18. The summed E-state index contributed by atoms with van der Waals surface area (Å²) in [5.41, 5.74) is 3.02. The number of nitrogens with zero attached hydrogens (tertiary/aromatic N) is 3. The van der Waals surface area contributed by atoms with Gasteiger partial charge in [0.15, 0.2) is 0 Å². The van der Waals surface area contributed by atoms with Crippen LogP contribution in [0.15, 0.2) is 84.8 Å². The van der Waals surface area contributed by atoms with E-state index >= 15 is 0 Å². The second-order valence-electron chi connectivity index (χ2n) is 6.84. The Balaban J connectivity index is 0.00000385. The van der Waals surface area contributed by atoms with E-state index in [4.69, 9.17) is 9.94 Å². The zero-order valence-electron chi connectivity index (χ0n) is 17.7. The first kappa shape index (κ1) is 26.1. The second-order valence-corrected chi connectivity index (χ2v) is 8.78. The van der Waals surface area contributed by atoms with E-state index in [9.17, 15) is 13.2 Å². The van der Waals surface area contributed by atoms with Gasteiger partial charge in [0.2, 0.25) is 10.0 Å². The van der Waals surface area contributed by atoms with Gasteiger partial charge in [0.25, 0.3) is 5.91 Å². The maximum Gasteiger partial charge on any atom is 0.258 e. The zero-order chi connectivity index (χ0) is 23.0. The third-order valence-corrected chi connectivity index (χ3v) is 6.40. The van der Waals surface area contributed by atoms with Crippen molar-refractivity contribution in [1.29, 1.82) is 0 Å². The summed E-state index contributed by atoms with van der Waals surface area (Å²) < 4.78 is 34.7. The maximum absolute atomic E-state index is 13.2. The normalized spacial score (nSPS) is 11.0. The van der Waals surface area contributed by atoms with Crippen molar-refractivity contribution in [2.45, 2.75) is 17.9 Å². The third-order valence-electron chi connectivity index (χ3n) is 4.59. The van der Waals surface area contributed by atoms with Crippen molar-refractivity contribution in [3.8, 4) is 11.4 Å². The Bertz CT molecular complexity index is 1130. The number of benzene rings is 2. The molecule has 1 heterocycles. The molecule has 33 heavy (non-hydrogen) atoms. The van der Waals surface area contributed by atoms with Crippen molar-refractivity contribution in [1.82, 2.24) is 19.3 Å². The summed E-state index contributed by atoms with van der Waals surface area (Å²) in [4.78, 5) is 15.8. The van der Waals surface area contributed by atoms with Gasteiger partial charge in [-0.05, 0) is 48.4 Å². The van der Waals surface area contributed by atoms with Crippen LogP contribution in [0, 0.1) is 0 Å². The lowest BCUT2D eigenvalue weighted by molar-refractivity contribution is -0.129. The predicted molar refractivity (Wildman–Crippen MR) is 125 cm³/mol. The molecule has 1 amide bonds. The molecule has 0 aliphatic heterocycles. The Morgan fingerprint density at radius 2 is 1.88 bits per heavy atom. The molecular weight excluding hydrogens is 468 g/mol. The van der Waals surface area contributed by atoms with Crippen LogP contribution in [0.1, 0.15) is 12.0 Å². The second kappa shape index (κ2) is 12.2. The number of carbonyl (C=O) groups excluding carboxylic acids is 1. The molecule has 1 aromatic heterocycles. The van der Waals surface area contributed by atoms with Crippen LogP contribution in [0.5, 0.6) is 5.75 Å². The Morgan fingerprint density at radius 1 is 1.18 bits per heavy atom. The van der Waals surface area contributed by atoms with Crippen molar-refractivity contribution in [3.63, 3.8) is 0 Å². The van der Waals surface area contributed by atoms with Gasteiger partial charge in [0.05, 0.1) is 24.4 Å². The van der Waals surface area contributed by atoms with E-state index in [1.54, 1.807) is 49.1 Å². The molecule has 0 fully saturated rings. The van der Waals surface area contributed by atoms with Crippen LogP contribution in [0.3, 0.4) is 0 Å². The number of ether oxygens (including phenoxy) is 1. The SMILES string of the molecule is C=CCCOc1ccc(S(=O)(=O)N(CC(=O)NO)Cc2ccc(-n3ccnc3)cc2)cc1.Cl. The first-order valence-corrected chi connectivity index (χ1v) is 11.2. The van der Waals surface area contributed by atoms with Gasteiger partial charge >= 0.3 is 0 Å². The molecule has 11 heteroatoms. The van der Waals surface area contributed by atoms with Gasteiger partial charge in [0, 0.05) is 24.6 Å². The monoisotopic (exact) mass is 492 g/mol. The summed E-state index contributed by atoms with van der Waals surface area (Å²) in [6, 6.07) is 13.1. The zero-order valence-corrected chi connectivity index (χ0v) is 19.3. The van der Waals surface area contributed by atoms with Gasteiger partial charge in [0.1, 0.15) is 5.75 Å². The van der Waals surface area contributed by atoms with E-state index in [-0.39, 0.29) is 23.8 Å². The predicted octanol–water partition coefficient (Wildman–Crippen LogP) is 2.95. The molecule has 2 N–H and O–H groups in total. The van der Waals surface area contributed by atoms with E-state index in [0.717, 1.165) is 9.99 Å². The number of hydrogen-bond acceptors (Lipinski definition) is 6. The van der Waals surface area contributed by atoms with Crippen molar-refractivity contribution in [2.75, 3.05) is 13.2 Å². The number of amides is 1. The summed E-state index contributed by atoms with van der Waals surface area (Å²) >= 11 is 0. The molecule has 0 saturated carbocycles. The molecule has 0 bridgehead atoms. The quantitative estimate of drug-likeness (QED) is 0.184. The maximum atomic E-state index is 13.2. The molecule has 3 aromatic rings. The lowest BCUT2D eigenvalue weighted by Crippen LogP contribution is -2.39. The molecule has 3 rings (SSSR count). The van der Waals surface area contributed by atoms with E-state index in [1.807, 2.05) is 16.7 Å². The molecule has 2 aromatic carbocycles. The van der Waals surface area contributed by atoms with Gasteiger partial charge in [-0.3, -0.25) is 10.0 Å². The summed E-state index contributed by atoms with van der Waals surface area (Å²) in [5.74, 6) is -0.312. The van der Waals surface area contributed by atoms with Crippen LogP contribution >= 0.6 is 12.4 Å². The molecule has 9 nitrogen and oxygen atoms in total. The van der Waals surface area contributed by atoms with Crippen molar-refractivity contribution >= 4 is 28.3 Å². The number of carbonyl (C=O) groups is 1. The molecule has 0 aliphatic rings. The third kappa shape index (κ3) is 6.90. The lowest BCUT2D eigenvalue weighted by atomic mass is 10.2. The summed E-state index contributed by atoms with van der Waals surface area (Å²) in [5, 5.41) is 8.91. The highest BCUT2D eigenvalue weighted by molar-refractivity contribution is 7.89. The number of nitrogens with one attached hydrogen (secondary N) is 1. The number of halogens is 1. The lowest BCUT2D eigenvalue weighted by Gasteiger charge is -2.21. The minimum atomic E-state index is -4.03. The summed E-state index contributed by atoms with van der Waals surface area (Å²) in [6.07, 6.45) is 7.50. The molecule has 0 saturated heterocycles. The van der Waals surface area contributed by atoms with Crippen LogP contribution < -0.4 is 10.2 Å². The number of sulfonamides is 1. The standard InChI is InChI=1S/C22H24N4O5S.ClH/c1-2-3-14-31-20-8-10-21(11-9-20)32(29,30)26(16-22(27)24-28)15-18-4-6-19(7-5-18)25-13-12-23-17-25;/h2,4-13,17,28H,1,3,14-16H2,(H,24,27);1H. The number of imidazole rings is 1. The first-order valence-electron chi connectivity index (χ1n) is 9.78. The topological polar surface area (TPSA) is 114 Å². The number of aromatic nitrogens is 2. The van der Waals surface area contributed by atoms with Crippen molar-refractivity contribution < 1.29 is 23.2 Å². The van der Waals surface area contributed by atoms with E-state index in [1.165, 1.54) is 17.6 Å². The number of hydrogen-bond donors (Lipinski definition) is 2. The van der Waals surface area contributed by atoms with Crippen LogP contribution in [-0.2, 0) is 21.4 Å². The van der Waals surface area contributed by atoms with Gasteiger partial charge in [-0.1, -0.05) is 18.2 Å². The average molecular weight is 493 g/mol. The van der Waals surface area contributed by atoms with Gasteiger partial charge in [-0.2, -0.15) is 4.31 Å². The fraction of sp³-hybridized carbons (Fsp3) is 0.182. The molecule has 0 unspecified atom stereocenters. The molecule has 0 radical (unpaired) electrons. The van der Waals surface area contributed by atoms with E-state index < -0.39 is 22.5 Å². The Morgan fingerprint density at radius 3 is 2.45 bits per heavy atom. The molecule has 0 atom stereocenters. The minimum absolute atomic E-state index is 0. The molecule has 176 valence electrons. The molecule has 0 spiro atoms. The highest BCUT2D eigenvalue weighted by atomic mass is 35.5. The summed E-state index contributed by atoms with van der Waals surface area (Å²) in [7, 11) is -4.03. The fourth-order valence-electron chi connectivity index (χ4n) is 2.93. The van der Waals surface area contributed by atoms with E-state index in [2.05, 4.69) is 11.6 Å². The van der Waals surface area contributed by atoms with Gasteiger partial charge in [-0.25, -0.2) is 18.9 Å². The largest absolute Gasteiger partial charge is 0.493 e. The summed E-state index contributed by atoms with van der Waals surface area (Å²) in [6.45, 7) is 3.46. The van der Waals surface area contributed by atoms with Crippen molar-refractivity contribution in [2.24, 2.45) is 0 Å². The first-order chi connectivity index (χ1) is 15.4. The highest BCUT2D eigenvalue weighted by Crippen LogP contribution is 2.22.